The predicted molar refractivity (Wildman–Crippen MR) is 61.9 cm³/mol. The average Bonchev–Trinajstić information content (AvgIpc) is 3.16. The molecule has 0 aromatic heterocycles. The smallest absolute Gasteiger partial charge is 0.321 e. The first-order valence-electron chi connectivity index (χ1n) is 5.70. The molecule has 5 heteroatoms. The Hall–Kier alpha value is -1.91. The second kappa shape index (κ2) is 4.76. The molecule has 18 heavy (non-hydrogen) atoms. The summed E-state index contributed by atoms with van der Waals surface area (Å²) in [6, 6.07) is 5.96. The van der Waals surface area contributed by atoms with Crippen LogP contribution in [-0.2, 0) is 20.9 Å². The summed E-state index contributed by atoms with van der Waals surface area (Å²) in [6.07, 6.45) is 1.02. The first-order valence-corrected chi connectivity index (χ1v) is 5.70. The summed E-state index contributed by atoms with van der Waals surface area (Å²) in [5.41, 5.74) is -0.355. The highest BCUT2D eigenvalue weighted by Crippen LogP contribution is 2.46. The number of hydrogen-bond donors (Lipinski definition) is 1. The molecule has 96 valence electrons. The summed E-state index contributed by atoms with van der Waals surface area (Å²) in [4.78, 5) is 23.3. The second-order valence-electron chi connectivity index (χ2n) is 4.39. The molecule has 0 heterocycles. The minimum absolute atomic E-state index is 0.204. The van der Waals surface area contributed by atoms with Gasteiger partial charge in [0.15, 0.2) is 0 Å². The lowest BCUT2D eigenvalue weighted by Gasteiger charge is -2.12. The molecule has 0 unspecified atom stereocenters. The zero-order valence-electron chi connectivity index (χ0n) is 10.0. The second-order valence-corrected chi connectivity index (χ2v) is 4.39. The predicted octanol–water partition coefficient (Wildman–Crippen LogP) is 1.40. The van der Waals surface area contributed by atoms with Crippen molar-refractivity contribution < 1.29 is 18.7 Å². The van der Waals surface area contributed by atoms with Crippen molar-refractivity contribution in [3.05, 3.63) is 35.6 Å². The molecule has 1 aromatic rings. The van der Waals surface area contributed by atoms with E-state index < -0.39 is 11.4 Å². The largest absolute Gasteiger partial charge is 0.468 e. The Labute approximate surface area is 104 Å². The fourth-order valence-corrected chi connectivity index (χ4v) is 1.84. The van der Waals surface area contributed by atoms with Gasteiger partial charge in [0.05, 0.1) is 7.11 Å². The number of ether oxygens (including phenoxy) is 1. The molecule has 1 N–H and O–H groups in total. The van der Waals surface area contributed by atoms with E-state index in [2.05, 4.69) is 10.1 Å². The van der Waals surface area contributed by atoms with Gasteiger partial charge in [-0.25, -0.2) is 4.39 Å². The SMILES string of the molecule is COC(=O)C1(C(=O)NCc2cccc(F)c2)CC1. The summed E-state index contributed by atoms with van der Waals surface area (Å²) in [5, 5.41) is 2.64. The number of esters is 1. The Bertz CT molecular complexity index is 483. The topological polar surface area (TPSA) is 55.4 Å². The third-order valence-corrected chi connectivity index (χ3v) is 3.10. The van der Waals surface area contributed by atoms with Gasteiger partial charge in [0.1, 0.15) is 11.2 Å². The highest BCUT2D eigenvalue weighted by atomic mass is 19.1. The van der Waals surface area contributed by atoms with Crippen LogP contribution in [-0.4, -0.2) is 19.0 Å². The van der Waals surface area contributed by atoms with E-state index in [1.165, 1.54) is 19.2 Å². The molecule has 1 aromatic carbocycles. The van der Waals surface area contributed by atoms with Crippen LogP contribution in [0.5, 0.6) is 0 Å². The van der Waals surface area contributed by atoms with Crippen molar-refractivity contribution in [2.24, 2.45) is 5.41 Å². The van der Waals surface area contributed by atoms with E-state index in [0.29, 0.717) is 18.4 Å². The van der Waals surface area contributed by atoms with Gasteiger partial charge in [0.25, 0.3) is 0 Å². The summed E-state index contributed by atoms with van der Waals surface area (Å²) in [6.45, 7) is 0.204. The van der Waals surface area contributed by atoms with Crippen LogP contribution < -0.4 is 5.32 Å². The summed E-state index contributed by atoms with van der Waals surface area (Å²) >= 11 is 0. The van der Waals surface area contributed by atoms with E-state index in [1.807, 2.05) is 0 Å². The lowest BCUT2D eigenvalue weighted by molar-refractivity contribution is -0.152. The van der Waals surface area contributed by atoms with Gasteiger partial charge in [-0.3, -0.25) is 9.59 Å². The lowest BCUT2D eigenvalue weighted by Crippen LogP contribution is -2.37. The molecule has 2 rings (SSSR count). The third-order valence-electron chi connectivity index (χ3n) is 3.10. The first-order chi connectivity index (χ1) is 8.58. The van der Waals surface area contributed by atoms with Crippen LogP contribution in [0.2, 0.25) is 0 Å². The molecule has 0 saturated heterocycles. The first kappa shape index (κ1) is 12.5. The minimum Gasteiger partial charge on any atom is -0.468 e. The number of nitrogens with one attached hydrogen (secondary N) is 1. The third kappa shape index (κ3) is 2.34. The van der Waals surface area contributed by atoms with Gasteiger partial charge in [-0.15, -0.1) is 0 Å². The number of rotatable bonds is 4. The molecule has 0 spiro atoms. The minimum atomic E-state index is -1.01. The number of hydrogen-bond acceptors (Lipinski definition) is 3. The van der Waals surface area contributed by atoms with Crippen molar-refractivity contribution in [2.45, 2.75) is 19.4 Å². The van der Waals surface area contributed by atoms with Gasteiger partial charge in [0, 0.05) is 6.54 Å². The van der Waals surface area contributed by atoms with Crippen molar-refractivity contribution in [3.63, 3.8) is 0 Å². The van der Waals surface area contributed by atoms with E-state index in [4.69, 9.17) is 0 Å². The molecule has 1 amide bonds. The molecule has 0 radical (unpaired) electrons. The number of amides is 1. The number of carbonyl (C=O) groups is 2. The van der Waals surface area contributed by atoms with E-state index >= 15 is 0 Å². The highest BCUT2D eigenvalue weighted by Gasteiger charge is 2.57. The van der Waals surface area contributed by atoms with E-state index in [1.54, 1.807) is 12.1 Å². The molecule has 1 saturated carbocycles. The summed E-state index contributed by atoms with van der Waals surface area (Å²) in [7, 11) is 1.27. The maximum atomic E-state index is 12.9. The molecule has 1 fully saturated rings. The zero-order valence-corrected chi connectivity index (χ0v) is 10.0. The Kier molecular flexibility index (Phi) is 3.32. The Balaban J connectivity index is 1.95. The average molecular weight is 251 g/mol. The Morgan fingerprint density at radius 3 is 2.72 bits per heavy atom. The number of carbonyl (C=O) groups excluding carboxylic acids is 2. The number of halogens is 1. The molecular formula is C13H14FNO3. The van der Waals surface area contributed by atoms with Gasteiger partial charge in [-0.05, 0) is 30.5 Å². The fourth-order valence-electron chi connectivity index (χ4n) is 1.84. The Morgan fingerprint density at radius 2 is 2.17 bits per heavy atom. The quantitative estimate of drug-likeness (QED) is 0.650. The number of methoxy groups -OCH3 is 1. The van der Waals surface area contributed by atoms with Crippen LogP contribution in [0.3, 0.4) is 0 Å². The van der Waals surface area contributed by atoms with Gasteiger partial charge < -0.3 is 10.1 Å². The molecule has 0 atom stereocenters. The van der Waals surface area contributed by atoms with Crippen molar-refractivity contribution in [2.75, 3.05) is 7.11 Å². The standard InChI is InChI=1S/C13H14FNO3/c1-18-12(17)13(5-6-13)11(16)15-8-9-3-2-4-10(14)7-9/h2-4,7H,5-6,8H2,1H3,(H,15,16). The van der Waals surface area contributed by atoms with Crippen LogP contribution in [0.15, 0.2) is 24.3 Å². The van der Waals surface area contributed by atoms with E-state index in [0.717, 1.165) is 0 Å². The fraction of sp³-hybridized carbons (Fsp3) is 0.385. The van der Waals surface area contributed by atoms with Gasteiger partial charge in [-0.1, -0.05) is 12.1 Å². The number of benzene rings is 1. The van der Waals surface area contributed by atoms with E-state index in [9.17, 15) is 14.0 Å². The van der Waals surface area contributed by atoms with Crippen LogP contribution in [0, 0.1) is 11.2 Å². The van der Waals surface area contributed by atoms with Crippen LogP contribution in [0.4, 0.5) is 4.39 Å². The van der Waals surface area contributed by atoms with Crippen molar-refractivity contribution >= 4 is 11.9 Å². The maximum Gasteiger partial charge on any atom is 0.321 e. The summed E-state index contributed by atoms with van der Waals surface area (Å²) < 4.78 is 17.5. The Morgan fingerprint density at radius 1 is 1.44 bits per heavy atom. The molecule has 0 aliphatic heterocycles. The van der Waals surface area contributed by atoms with Crippen molar-refractivity contribution in [1.82, 2.24) is 5.32 Å². The molecule has 0 bridgehead atoms. The highest BCUT2D eigenvalue weighted by molar-refractivity contribution is 6.05. The lowest BCUT2D eigenvalue weighted by atomic mass is 10.1. The van der Waals surface area contributed by atoms with Gasteiger partial charge in [-0.2, -0.15) is 0 Å². The van der Waals surface area contributed by atoms with Gasteiger partial charge in [0.2, 0.25) is 5.91 Å². The molecule has 4 nitrogen and oxygen atoms in total. The van der Waals surface area contributed by atoms with Crippen LogP contribution >= 0.6 is 0 Å². The summed E-state index contributed by atoms with van der Waals surface area (Å²) in [5.74, 6) is -1.20. The monoisotopic (exact) mass is 251 g/mol. The molecule has 1 aliphatic rings. The van der Waals surface area contributed by atoms with Crippen molar-refractivity contribution in [3.8, 4) is 0 Å². The molecular weight excluding hydrogens is 237 g/mol. The maximum absolute atomic E-state index is 12.9. The molecule has 1 aliphatic carbocycles. The van der Waals surface area contributed by atoms with E-state index in [-0.39, 0.29) is 18.3 Å². The van der Waals surface area contributed by atoms with Crippen LogP contribution in [0.1, 0.15) is 18.4 Å². The van der Waals surface area contributed by atoms with Gasteiger partial charge >= 0.3 is 5.97 Å². The zero-order chi connectivity index (χ0) is 13.2. The van der Waals surface area contributed by atoms with Crippen LogP contribution in [0.25, 0.3) is 0 Å². The van der Waals surface area contributed by atoms with Crippen molar-refractivity contribution in [1.29, 1.82) is 0 Å². The normalized spacial score (nSPS) is 15.9.